The highest BCUT2D eigenvalue weighted by atomic mass is 35.5. The second-order valence-electron chi connectivity index (χ2n) is 3.83. The molecule has 1 N–H and O–H groups in total. The SMILES string of the molecule is CCn1cnc(Cl)c1CC1CCNC1. The van der Waals surface area contributed by atoms with Crippen LogP contribution in [0, 0.1) is 5.92 Å². The Morgan fingerprint density at radius 3 is 3.21 bits per heavy atom. The zero-order chi connectivity index (χ0) is 9.97. The van der Waals surface area contributed by atoms with Crippen LogP contribution in [0.3, 0.4) is 0 Å². The van der Waals surface area contributed by atoms with Gasteiger partial charge in [0, 0.05) is 6.54 Å². The van der Waals surface area contributed by atoms with Crippen molar-refractivity contribution in [3.05, 3.63) is 17.2 Å². The van der Waals surface area contributed by atoms with Crippen molar-refractivity contribution in [1.29, 1.82) is 0 Å². The first-order valence-electron chi connectivity index (χ1n) is 5.21. The summed E-state index contributed by atoms with van der Waals surface area (Å²) in [5.74, 6) is 0.731. The second-order valence-corrected chi connectivity index (χ2v) is 4.19. The molecule has 4 heteroatoms. The molecule has 0 saturated carbocycles. The van der Waals surface area contributed by atoms with Gasteiger partial charge in [-0.05, 0) is 38.8 Å². The molecule has 0 amide bonds. The second kappa shape index (κ2) is 4.32. The topological polar surface area (TPSA) is 29.9 Å². The fourth-order valence-corrected chi connectivity index (χ4v) is 2.25. The summed E-state index contributed by atoms with van der Waals surface area (Å²) >= 11 is 6.05. The molecular formula is C10H16ClN3. The van der Waals surface area contributed by atoms with Gasteiger partial charge in [-0.3, -0.25) is 0 Å². The number of nitrogens with zero attached hydrogens (tertiary/aromatic N) is 2. The zero-order valence-electron chi connectivity index (χ0n) is 8.46. The minimum Gasteiger partial charge on any atom is -0.333 e. The van der Waals surface area contributed by atoms with E-state index in [4.69, 9.17) is 11.6 Å². The van der Waals surface area contributed by atoms with E-state index in [9.17, 15) is 0 Å². The monoisotopic (exact) mass is 213 g/mol. The number of halogens is 1. The predicted molar refractivity (Wildman–Crippen MR) is 57.6 cm³/mol. The average Bonchev–Trinajstić information content (AvgIpc) is 2.79. The van der Waals surface area contributed by atoms with E-state index >= 15 is 0 Å². The van der Waals surface area contributed by atoms with Crippen molar-refractivity contribution in [2.45, 2.75) is 26.3 Å². The molecule has 1 aromatic rings. The Labute approximate surface area is 89.5 Å². The number of nitrogens with one attached hydrogen (secondary N) is 1. The lowest BCUT2D eigenvalue weighted by molar-refractivity contribution is 0.550. The summed E-state index contributed by atoms with van der Waals surface area (Å²) < 4.78 is 2.14. The van der Waals surface area contributed by atoms with Crippen molar-refractivity contribution in [2.24, 2.45) is 5.92 Å². The highest BCUT2D eigenvalue weighted by molar-refractivity contribution is 6.30. The van der Waals surface area contributed by atoms with Crippen LogP contribution in [0.15, 0.2) is 6.33 Å². The van der Waals surface area contributed by atoms with Gasteiger partial charge in [0.1, 0.15) is 5.15 Å². The summed E-state index contributed by atoms with van der Waals surface area (Å²) in [7, 11) is 0. The van der Waals surface area contributed by atoms with Crippen LogP contribution in [-0.2, 0) is 13.0 Å². The van der Waals surface area contributed by atoms with Crippen LogP contribution in [0.2, 0.25) is 5.15 Å². The van der Waals surface area contributed by atoms with Gasteiger partial charge in [-0.1, -0.05) is 11.6 Å². The number of rotatable bonds is 3. The molecule has 0 radical (unpaired) electrons. The first kappa shape index (κ1) is 9.99. The zero-order valence-corrected chi connectivity index (χ0v) is 9.22. The van der Waals surface area contributed by atoms with Crippen LogP contribution in [0.25, 0.3) is 0 Å². The number of imidazole rings is 1. The van der Waals surface area contributed by atoms with Gasteiger partial charge in [0.15, 0.2) is 0 Å². The van der Waals surface area contributed by atoms with E-state index in [1.54, 1.807) is 0 Å². The molecule has 1 saturated heterocycles. The van der Waals surface area contributed by atoms with E-state index < -0.39 is 0 Å². The number of aromatic nitrogens is 2. The molecule has 1 fully saturated rings. The fraction of sp³-hybridized carbons (Fsp3) is 0.700. The first-order valence-corrected chi connectivity index (χ1v) is 5.59. The molecular weight excluding hydrogens is 198 g/mol. The van der Waals surface area contributed by atoms with E-state index in [2.05, 4.69) is 21.8 Å². The minimum absolute atomic E-state index is 0.679. The van der Waals surface area contributed by atoms with Crippen molar-refractivity contribution in [1.82, 2.24) is 14.9 Å². The summed E-state index contributed by atoms with van der Waals surface area (Å²) in [5.41, 5.74) is 1.20. The van der Waals surface area contributed by atoms with Crippen LogP contribution in [0.4, 0.5) is 0 Å². The van der Waals surface area contributed by atoms with E-state index in [-0.39, 0.29) is 0 Å². The molecule has 1 aromatic heterocycles. The Morgan fingerprint density at radius 2 is 2.57 bits per heavy atom. The van der Waals surface area contributed by atoms with Gasteiger partial charge < -0.3 is 9.88 Å². The first-order chi connectivity index (χ1) is 6.81. The molecule has 78 valence electrons. The summed E-state index contributed by atoms with van der Waals surface area (Å²) in [4.78, 5) is 4.14. The quantitative estimate of drug-likeness (QED) is 0.829. The lowest BCUT2D eigenvalue weighted by Gasteiger charge is -2.10. The lowest BCUT2D eigenvalue weighted by Crippen LogP contribution is -2.13. The molecule has 0 spiro atoms. The van der Waals surface area contributed by atoms with Gasteiger partial charge >= 0.3 is 0 Å². The molecule has 1 unspecified atom stereocenters. The Kier molecular flexibility index (Phi) is 3.08. The van der Waals surface area contributed by atoms with Crippen molar-refractivity contribution >= 4 is 11.6 Å². The predicted octanol–water partition coefficient (Wildman–Crippen LogP) is 1.71. The Hall–Kier alpha value is -0.540. The largest absolute Gasteiger partial charge is 0.333 e. The smallest absolute Gasteiger partial charge is 0.150 e. The molecule has 3 nitrogen and oxygen atoms in total. The molecule has 2 rings (SSSR count). The third kappa shape index (κ3) is 1.93. The van der Waals surface area contributed by atoms with Crippen LogP contribution < -0.4 is 5.32 Å². The number of aryl methyl sites for hydroxylation is 1. The lowest BCUT2D eigenvalue weighted by atomic mass is 10.0. The van der Waals surface area contributed by atoms with E-state index in [1.807, 2.05) is 6.33 Å². The van der Waals surface area contributed by atoms with Crippen molar-refractivity contribution in [3.63, 3.8) is 0 Å². The Bertz CT molecular complexity index is 302. The Morgan fingerprint density at radius 1 is 1.71 bits per heavy atom. The molecule has 1 aliphatic heterocycles. The van der Waals surface area contributed by atoms with Crippen LogP contribution in [0.5, 0.6) is 0 Å². The number of hydrogen-bond donors (Lipinski definition) is 1. The molecule has 0 bridgehead atoms. The molecule has 1 atom stereocenters. The van der Waals surface area contributed by atoms with Gasteiger partial charge in [0.25, 0.3) is 0 Å². The summed E-state index contributed by atoms with van der Waals surface area (Å²) in [6.07, 6.45) is 4.14. The molecule has 0 aromatic carbocycles. The number of hydrogen-bond acceptors (Lipinski definition) is 2. The Balaban J connectivity index is 2.09. The maximum absolute atomic E-state index is 6.05. The maximum atomic E-state index is 6.05. The van der Waals surface area contributed by atoms with Gasteiger partial charge in [-0.25, -0.2) is 4.98 Å². The van der Waals surface area contributed by atoms with Crippen LogP contribution in [-0.4, -0.2) is 22.6 Å². The standard InChI is InChI=1S/C10H16ClN3/c1-2-14-7-13-10(11)9(14)5-8-3-4-12-6-8/h7-8,12H,2-6H2,1H3. The molecule has 1 aliphatic rings. The van der Waals surface area contributed by atoms with Gasteiger partial charge in [0.2, 0.25) is 0 Å². The normalized spacial score (nSPS) is 21.7. The van der Waals surface area contributed by atoms with Crippen molar-refractivity contribution in [2.75, 3.05) is 13.1 Å². The molecule has 14 heavy (non-hydrogen) atoms. The highest BCUT2D eigenvalue weighted by Gasteiger charge is 2.18. The molecule has 0 aliphatic carbocycles. The highest BCUT2D eigenvalue weighted by Crippen LogP contribution is 2.21. The van der Waals surface area contributed by atoms with Crippen LogP contribution >= 0.6 is 11.6 Å². The average molecular weight is 214 g/mol. The van der Waals surface area contributed by atoms with Crippen molar-refractivity contribution in [3.8, 4) is 0 Å². The van der Waals surface area contributed by atoms with Crippen LogP contribution in [0.1, 0.15) is 19.0 Å². The minimum atomic E-state index is 0.679. The van der Waals surface area contributed by atoms with Gasteiger partial charge in [-0.15, -0.1) is 0 Å². The third-order valence-corrected chi connectivity index (χ3v) is 3.20. The van der Waals surface area contributed by atoms with Gasteiger partial charge in [-0.2, -0.15) is 0 Å². The fourth-order valence-electron chi connectivity index (χ4n) is 2.02. The van der Waals surface area contributed by atoms with E-state index in [1.165, 1.54) is 12.1 Å². The van der Waals surface area contributed by atoms with E-state index in [0.717, 1.165) is 32.0 Å². The van der Waals surface area contributed by atoms with E-state index in [0.29, 0.717) is 5.15 Å². The summed E-state index contributed by atoms with van der Waals surface area (Å²) in [6, 6.07) is 0. The maximum Gasteiger partial charge on any atom is 0.150 e. The third-order valence-electron chi connectivity index (χ3n) is 2.88. The van der Waals surface area contributed by atoms with Gasteiger partial charge in [0.05, 0.1) is 12.0 Å². The molecule has 2 heterocycles. The van der Waals surface area contributed by atoms with Crippen molar-refractivity contribution < 1.29 is 0 Å². The summed E-state index contributed by atoms with van der Waals surface area (Å²) in [6.45, 7) is 5.33. The summed E-state index contributed by atoms with van der Waals surface area (Å²) in [5, 5.41) is 4.05.